The van der Waals surface area contributed by atoms with Gasteiger partial charge in [-0.05, 0) is 22.3 Å². The Hall–Kier alpha value is -3.42. The van der Waals surface area contributed by atoms with Gasteiger partial charge in [-0.2, -0.15) is 0 Å². The first-order valence-corrected chi connectivity index (χ1v) is 18.3. The smallest absolute Gasteiger partial charge is 0.348 e. The predicted octanol–water partition coefficient (Wildman–Crippen LogP) is 8.43. The molecule has 0 aromatic heterocycles. The lowest BCUT2D eigenvalue weighted by atomic mass is 9.85. The Bertz CT molecular complexity index is 1490. The number of piperidine rings is 1. The second kappa shape index (κ2) is 15.4. The molecule has 3 aliphatic heterocycles. The molecule has 0 amide bonds. The molecule has 1 spiro atoms. The Morgan fingerprint density at radius 2 is 1.10 bits per heavy atom. The number of hydrogen-bond donors (Lipinski definition) is 0. The summed E-state index contributed by atoms with van der Waals surface area (Å²) in [5.74, 6) is -0.414. The minimum atomic E-state index is -1.83. The van der Waals surface area contributed by atoms with Crippen LogP contribution in [-0.2, 0) is 46.7 Å². The highest BCUT2D eigenvalue weighted by molar-refractivity contribution is 7.41. The first-order valence-electron chi connectivity index (χ1n) is 17.2. The molecule has 3 saturated heterocycles. The molecule has 4 aromatic carbocycles. The summed E-state index contributed by atoms with van der Waals surface area (Å²) in [6.45, 7) is 2.93. The number of ether oxygens (including phenoxy) is 2. The molecule has 0 radical (unpaired) electrons. The van der Waals surface area contributed by atoms with Gasteiger partial charge in [0, 0.05) is 38.5 Å². The molecule has 7 rings (SSSR count). The second-order valence-electron chi connectivity index (χ2n) is 13.2. The molecule has 8 heteroatoms. The summed E-state index contributed by atoms with van der Waals surface area (Å²) in [5, 5.41) is 0. The van der Waals surface area contributed by atoms with Crippen LogP contribution in [-0.4, -0.2) is 48.5 Å². The van der Waals surface area contributed by atoms with E-state index in [1.54, 1.807) is 0 Å². The van der Waals surface area contributed by atoms with Crippen LogP contribution >= 0.6 is 8.60 Å². The standard InChI is InChI=1S/C40H45NO6P/c42-39(47-38-27-36-23-24-37(28-38)41(36)25-13-14-26-41)40(34-19-9-3-10-20-34,35-21-11-4-12-22-35)43-31-46-48(44-29-32-15-5-1-6-16-32)45-30-33-17-7-2-8-18-33/h1-12,15-22,36-38H,13-14,23-31H2/q+1. The van der Waals surface area contributed by atoms with Gasteiger partial charge in [-0.3, -0.25) is 4.52 Å². The maximum Gasteiger partial charge on any atom is 0.348 e. The van der Waals surface area contributed by atoms with Crippen LogP contribution in [0.15, 0.2) is 121 Å². The zero-order chi connectivity index (χ0) is 32.7. The summed E-state index contributed by atoms with van der Waals surface area (Å²) in [7, 11) is -1.83. The third kappa shape index (κ3) is 7.13. The van der Waals surface area contributed by atoms with Gasteiger partial charge in [0.2, 0.25) is 5.60 Å². The summed E-state index contributed by atoms with van der Waals surface area (Å²) >= 11 is 0. The molecule has 0 saturated carbocycles. The Labute approximate surface area is 285 Å². The highest BCUT2D eigenvalue weighted by Gasteiger charge is 2.57. The van der Waals surface area contributed by atoms with Gasteiger partial charge in [-0.15, -0.1) is 0 Å². The predicted molar refractivity (Wildman–Crippen MR) is 185 cm³/mol. The zero-order valence-corrected chi connectivity index (χ0v) is 28.3. The van der Waals surface area contributed by atoms with Crippen molar-refractivity contribution in [2.45, 2.75) is 75.5 Å². The molecule has 48 heavy (non-hydrogen) atoms. The van der Waals surface area contributed by atoms with Gasteiger partial charge in [0.05, 0.1) is 38.4 Å². The SMILES string of the molecule is O=C(OC1CC2CCC(C1)[N+]21CCCC1)C(OCOP(OCc1ccccc1)OCc1ccccc1)(c1ccccc1)c1ccccc1. The highest BCUT2D eigenvalue weighted by Crippen LogP contribution is 2.48. The molecule has 3 fully saturated rings. The van der Waals surface area contributed by atoms with Crippen LogP contribution in [0.1, 0.15) is 60.8 Å². The van der Waals surface area contributed by atoms with E-state index in [1.807, 2.05) is 121 Å². The average Bonchev–Trinajstić information content (AvgIpc) is 3.69. The largest absolute Gasteiger partial charge is 0.459 e. The molecular weight excluding hydrogens is 621 g/mol. The molecule has 2 unspecified atom stereocenters. The Morgan fingerprint density at radius 3 is 1.58 bits per heavy atom. The molecule has 2 bridgehead atoms. The van der Waals surface area contributed by atoms with Gasteiger partial charge in [0.25, 0.3) is 0 Å². The molecule has 7 nitrogen and oxygen atoms in total. The number of esters is 1. The third-order valence-corrected chi connectivity index (χ3v) is 11.5. The lowest BCUT2D eigenvalue weighted by Crippen LogP contribution is -2.60. The minimum Gasteiger partial charge on any atom is -0.459 e. The minimum absolute atomic E-state index is 0.142. The van der Waals surface area contributed by atoms with Gasteiger partial charge in [0.15, 0.2) is 6.79 Å². The van der Waals surface area contributed by atoms with Gasteiger partial charge in [-0.1, -0.05) is 121 Å². The average molecular weight is 667 g/mol. The van der Waals surface area contributed by atoms with E-state index in [9.17, 15) is 4.79 Å². The molecule has 4 aromatic rings. The Morgan fingerprint density at radius 1 is 0.646 bits per heavy atom. The van der Waals surface area contributed by atoms with Crippen molar-refractivity contribution in [3.63, 3.8) is 0 Å². The first kappa shape index (κ1) is 33.1. The van der Waals surface area contributed by atoms with Crippen molar-refractivity contribution in [2.75, 3.05) is 19.9 Å². The summed E-state index contributed by atoms with van der Waals surface area (Å²) in [6, 6.07) is 40.2. The van der Waals surface area contributed by atoms with Crippen molar-refractivity contribution in [3.05, 3.63) is 144 Å². The van der Waals surface area contributed by atoms with E-state index in [2.05, 4.69) is 0 Å². The zero-order valence-electron chi connectivity index (χ0n) is 27.4. The van der Waals surface area contributed by atoms with Crippen molar-refractivity contribution in [3.8, 4) is 0 Å². The fraction of sp³-hybridized carbons (Fsp3) is 0.375. The maximum atomic E-state index is 14.7. The van der Waals surface area contributed by atoms with Crippen LogP contribution in [0.25, 0.3) is 0 Å². The summed E-state index contributed by atoms with van der Waals surface area (Å²) in [4.78, 5) is 14.7. The second-order valence-corrected chi connectivity index (χ2v) is 14.4. The van der Waals surface area contributed by atoms with Crippen LogP contribution in [0.5, 0.6) is 0 Å². The molecule has 0 N–H and O–H groups in total. The number of nitrogens with zero attached hydrogens (tertiary/aromatic N) is 1. The lowest BCUT2D eigenvalue weighted by molar-refractivity contribution is -0.956. The van der Waals surface area contributed by atoms with Crippen LogP contribution in [0, 0.1) is 0 Å². The molecule has 2 atom stereocenters. The van der Waals surface area contributed by atoms with E-state index in [4.69, 9.17) is 23.0 Å². The number of hydrogen-bond acceptors (Lipinski definition) is 6. The van der Waals surface area contributed by atoms with Gasteiger partial charge < -0.3 is 23.0 Å². The number of benzene rings is 4. The van der Waals surface area contributed by atoms with Crippen LogP contribution < -0.4 is 0 Å². The Kier molecular flexibility index (Phi) is 10.6. The number of carbonyl (C=O) groups excluding carboxylic acids is 1. The quantitative estimate of drug-likeness (QED) is 0.0583. The van der Waals surface area contributed by atoms with E-state index in [-0.39, 0.29) is 12.9 Å². The number of carbonyl (C=O) groups is 1. The van der Waals surface area contributed by atoms with Crippen molar-refractivity contribution < 1.29 is 32.3 Å². The normalized spacial score (nSPS) is 21.5. The van der Waals surface area contributed by atoms with Gasteiger partial charge in [0.1, 0.15) is 6.10 Å². The molecule has 250 valence electrons. The van der Waals surface area contributed by atoms with E-state index in [0.29, 0.717) is 36.4 Å². The summed E-state index contributed by atoms with van der Waals surface area (Å²) in [6.07, 6.45) is 6.74. The third-order valence-electron chi connectivity index (χ3n) is 10.5. The van der Waals surface area contributed by atoms with Gasteiger partial charge >= 0.3 is 14.6 Å². The maximum absolute atomic E-state index is 14.7. The van der Waals surface area contributed by atoms with Crippen LogP contribution in [0.2, 0.25) is 0 Å². The highest BCUT2D eigenvalue weighted by atomic mass is 31.2. The fourth-order valence-electron chi connectivity index (χ4n) is 8.19. The number of rotatable bonds is 14. The number of quaternary nitrogens is 1. The van der Waals surface area contributed by atoms with Crippen molar-refractivity contribution >= 4 is 14.6 Å². The Balaban J connectivity index is 1.12. The fourth-order valence-corrected chi connectivity index (χ4v) is 9.06. The van der Waals surface area contributed by atoms with Crippen LogP contribution in [0.4, 0.5) is 0 Å². The lowest BCUT2D eigenvalue weighted by Gasteiger charge is -2.47. The van der Waals surface area contributed by atoms with Crippen molar-refractivity contribution in [1.82, 2.24) is 0 Å². The monoisotopic (exact) mass is 666 g/mol. The molecule has 3 heterocycles. The topological polar surface area (TPSA) is 63.2 Å². The van der Waals surface area contributed by atoms with Crippen LogP contribution in [0.3, 0.4) is 0 Å². The molecular formula is C40H45NO6P+. The van der Waals surface area contributed by atoms with Crippen molar-refractivity contribution in [2.24, 2.45) is 0 Å². The van der Waals surface area contributed by atoms with Crippen molar-refractivity contribution in [1.29, 1.82) is 0 Å². The summed E-state index contributed by atoms with van der Waals surface area (Å²) in [5.41, 5.74) is 1.84. The first-order chi connectivity index (χ1) is 23.7. The molecule has 0 aliphatic carbocycles. The molecule has 3 aliphatic rings. The van der Waals surface area contributed by atoms with E-state index in [0.717, 1.165) is 24.0 Å². The van der Waals surface area contributed by atoms with Gasteiger partial charge in [-0.25, -0.2) is 4.79 Å². The van der Waals surface area contributed by atoms with E-state index < -0.39 is 20.2 Å². The summed E-state index contributed by atoms with van der Waals surface area (Å²) < 4.78 is 33.0. The van der Waals surface area contributed by atoms with E-state index in [1.165, 1.54) is 43.3 Å². The van der Waals surface area contributed by atoms with E-state index >= 15 is 0 Å².